The molecule has 4 N–H and O–H groups in total. The molecule has 0 aromatic heterocycles. The highest BCUT2D eigenvalue weighted by atomic mass is 16.5. The first kappa shape index (κ1) is 19.7. The summed E-state index contributed by atoms with van der Waals surface area (Å²) in [6.07, 6.45) is 2.55. The van der Waals surface area contributed by atoms with Crippen molar-refractivity contribution in [2.75, 3.05) is 13.2 Å². The van der Waals surface area contributed by atoms with E-state index < -0.39 is 5.91 Å². The number of aliphatic imine (C=N–C) groups is 1. The molecule has 1 fully saturated rings. The Labute approximate surface area is 166 Å². The number of hydrogen-bond acceptors (Lipinski definition) is 3. The van der Waals surface area contributed by atoms with Crippen LogP contribution in [0.1, 0.15) is 41.3 Å². The van der Waals surface area contributed by atoms with Gasteiger partial charge in [0.15, 0.2) is 5.96 Å². The number of nitrogens with zero attached hydrogens (tertiary/aromatic N) is 1. The molecule has 0 radical (unpaired) electrons. The van der Waals surface area contributed by atoms with Crippen LogP contribution in [0, 0.1) is 5.92 Å². The minimum absolute atomic E-state index is 0.423. The van der Waals surface area contributed by atoms with Gasteiger partial charge in [0.25, 0.3) is 0 Å². The number of hydrogen-bond donors (Lipinski definition) is 3. The molecule has 1 aliphatic carbocycles. The number of benzene rings is 2. The number of nitrogens with two attached hydrogens (primary N) is 1. The Bertz CT molecular complexity index is 814. The van der Waals surface area contributed by atoms with Crippen LogP contribution in [0.3, 0.4) is 0 Å². The Balaban J connectivity index is 1.59. The SMILES string of the molecule is CCNC(=NCc1ccc(C(N)=O)cc1)NCc1ccccc1OCC1CC1. The van der Waals surface area contributed by atoms with Gasteiger partial charge in [-0.3, -0.25) is 4.79 Å². The molecule has 1 amide bonds. The quantitative estimate of drug-likeness (QED) is 0.461. The van der Waals surface area contributed by atoms with Gasteiger partial charge in [-0.2, -0.15) is 0 Å². The zero-order chi connectivity index (χ0) is 19.8. The van der Waals surface area contributed by atoms with E-state index in [1.54, 1.807) is 12.1 Å². The maximum absolute atomic E-state index is 11.2. The van der Waals surface area contributed by atoms with Gasteiger partial charge in [-0.1, -0.05) is 30.3 Å². The van der Waals surface area contributed by atoms with Crippen LogP contribution in [-0.2, 0) is 13.1 Å². The summed E-state index contributed by atoms with van der Waals surface area (Å²) in [6, 6.07) is 15.3. The van der Waals surface area contributed by atoms with E-state index in [1.165, 1.54) is 12.8 Å². The summed E-state index contributed by atoms with van der Waals surface area (Å²) in [5, 5.41) is 6.62. The van der Waals surface area contributed by atoms with Gasteiger partial charge < -0.3 is 21.1 Å². The first-order valence-electron chi connectivity index (χ1n) is 9.77. The third kappa shape index (κ3) is 6.01. The zero-order valence-electron chi connectivity index (χ0n) is 16.3. The van der Waals surface area contributed by atoms with E-state index in [-0.39, 0.29) is 0 Å². The highest BCUT2D eigenvalue weighted by Gasteiger charge is 2.22. The first-order valence-corrected chi connectivity index (χ1v) is 9.77. The predicted molar refractivity (Wildman–Crippen MR) is 111 cm³/mol. The lowest BCUT2D eigenvalue weighted by atomic mass is 10.1. The number of nitrogens with one attached hydrogen (secondary N) is 2. The summed E-state index contributed by atoms with van der Waals surface area (Å²) in [6.45, 7) is 4.74. The molecule has 3 rings (SSSR count). The summed E-state index contributed by atoms with van der Waals surface area (Å²) in [5.74, 6) is 1.96. The maximum atomic E-state index is 11.2. The van der Waals surface area contributed by atoms with Gasteiger partial charge in [0, 0.05) is 24.2 Å². The van der Waals surface area contributed by atoms with E-state index >= 15 is 0 Å². The molecule has 0 aliphatic heterocycles. The van der Waals surface area contributed by atoms with Gasteiger partial charge in [0.2, 0.25) is 5.91 Å². The van der Waals surface area contributed by atoms with Gasteiger partial charge in [0.05, 0.1) is 13.2 Å². The van der Waals surface area contributed by atoms with Gasteiger partial charge in [0.1, 0.15) is 5.75 Å². The van der Waals surface area contributed by atoms with E-state index in [0.29, 0.717) is 18.7 Å². The Morgan fingerprint density at radius 3 is 2.57 bits per heavy atom. The number of ether oxygens (including phenoxy) is 1. The smallest absolute Gasteiger partial charge is 0.248 e. The van der Waals surface area contributed by atoms with E-state index in [2.05, 4.69) is 21.7 Å². The van der Waals surface area contributed by atoms with Crippen molar-refractivity contribution in [3.05, 3.63) is 65.2 Å². The van der Waals surface area contributed by atoms with Crippen molar-refractivity contribution in [3.63, 3.8) is 0 Å². The van der Waals surface area contributed by atoms with E-state index in [0.717, 1.165) is 41.9 Å². The number of carbonyl (C=O) groups is 1. The predicted octanol–water partition coefficient (Wildman–Crippen LogP) is 2.83. The molecule has 148 valence electrons. The van der Waals surface area contributed by atoms with Gasteiger partial charge >= 0.3 is 0 Å². The van der Waals surface area contributed by atoms with Crippen LogP contribution in [0.2, 0.25) is 0 Å². The van der Waals surface area contributed by atoms with Gasteiger partial charge in [-0.05, 0) is 49.4 Å². The first-order chi connectivity index (χ1) is 13.7. The maximum Gasteiger partial charge on any atom is 0.248 e. The monoisotopic (exact) mass is 380 g/mol. The van der Waals surface area contributed by atoms with Crippen LogP contribution < -0.4 is 21.1 Å². The number of rotatable bonds is 9. The van der Waals surface area contributed by atoms with Crippen molar-refractivity contribution in [1.29, 1.82) is 0 Å². The van der Waals surface area contributed by atoms with Crippen LogP contribution in [-0.4, -0.2) is 25.0 Å². The Morgan fingerprint density at radius 1 is 1.14 bits per heavy atom. The Hall–Kier alpha value is -3.02. The number of guanidine groups is 1. The second kappa shape index (κ2) is 9.78. The molecule has 0 atom stereocenters. The fraction of sp³-hybridized carbons (Fsp3) is 0.364. The van der Waals surface area contributed by atoms with Crippen molar-refractivity contribution in [2.45, 2.75) is 32.9 Å². The summed E-state index contributed by atoms with van der Waals surface area (Å²) >= 11 is 0. The van der Waals surface area contributed by atoms with Gasteiger partial charge in [-0.25, -0.2) is 4.99 Å². The highest BCUT2D eigenvalue weighted by Crippen LogP contribution is 2.30. The Morgan fingerprint density at radius 2 is 1.89 bits per heavy atom. The summed E-state index contributed by atoms with van der Waals surface area (Å²) < 4.78 is 5.98. The molecule has 28 heavy (non-hydrogen) atoms. The van der Waals surface area contributed by atoms with E-state index in [4.69, 9.17) is 10.5 Å². The molecule has 1 aliphatic rings. The third-order valence-corrected chi connectivity index (χ3v) is 4.59. The van der Waals surface area contributed by atoms with Crippen LogP contribution >= 0.6 is 0 Å². The fourth-order valence-corrected chi connectivity index (χ4v) is 2.75. The van der Waals surface area contributed by atoms with Crippen LogP contribution in [0.5, 0.6) is 5.75 Å². The normalized spacial score (nSPS) is 13.8. The molecule has 1 saturated carbocycles. The number of amides is 1. The van der Waals surface area contributed by atoms with Crippen molar-refractivity contribution in [3.8, 4) is 5.75 Å². The minimum atomic E-state index is -0.423. The van der Waals surface area contributed by atoms with E-state index in [1.807, 2.05) is 37.3 Å². The van der Waals surface area contributed by atoms with Crippen LogP contribution in [0.15, 0.2) is 53.5 Å². The molecular weight excluding hydrogens is 352 g/mol. The second-order valence-corrected chi connectivity index (χ2v) is 6.97. The molecule has 0 unspecified atom stereocenters. The topological polar surface area (TPSA) is 88.7 Å². The lowest BCUT2D eigenvalue weighted by Crippen LogP contribution is -2.36. The van der Waals surface area contributed by atoms with E-state index in [9.17, 15) is 4.79 Å². The highest BCUT2D eigenvalue weighted by molar-refractivity contribution is 5.92. The van der Waals surface area contributed by atoms with Crippen molar-refractivity contribution >= 4 is 11.9 Å². The van der Waals surface area contributed by atoms with Gasteiger partial charge in [-0.15, -0.1) is 0 Å². The zero-order valence-corrected chi connectivity index (χ0v) is 16.3. The second-order valence-electron chi connectivity index (χ2n) is 6.97. The van der Waals surface area contributed by atoms with Crippen molar-refractivity contribution in [2.24, 2.45) is 16.6 Å². The minimum Gasteiger partial charge on any atom is -0.493 e. The molecule has 2 aromatic carbocycles. The lowest BCUT2D eigenvalue weighted by Gasteiger charge is -2.14. The van der Waals surface area contributed by atoms with Crippen LogP contribution in [0.4, 0.5) is 0 Å². The molecule has 0 spiro atoms. The molecule has 6 nitrogen and oxygen atoms in total. The molecule has 0 heterocycles. The van der Waals surface area contributed by atoms with Crippen LogP contribution in [0.25, 0.3) is 0 Å². The number of carbonyl (C=O) groups excluding carboxylic acids is 1. The Kier molecular flexibility index (Phi) is 6.89. The molecule has 0 saturated heterocycles. The molecule has 6 heteroatoms. The summed E-state index contributed by atoms with van der Waals surface area (Å²) in [7, 11) is 0. The fourth-order valence-electron chi connectivity index (χ4n) is 2.75. The average molecular weight is 380 g/mol. The number of primary amides is 1. The van der Waals surface area contributed by atoms with Crippen molar-refractivity contribution < 1.29 is 9.53 Å². The average Bonchev–Trinajstić information content (AvgIpc) is 3.54. The summed E-state index contributed by atoms with van der Waals surface area (Å²) in [5.41, 5.74) is 7.90. The molecular formula is C22H28N4O2. The molecule has 2 aromatic rings. The van der Waals surface area contributed by atoms with Crippen molar-refractivity contribution in [1.82, 2.24) is 10.6 Å². The molecule has 0 bridgehead atoms. The summed E-state index contributed by atoms with van der Waals surface area (Å²) in [4.78, 5) is 15.8. The number of para-hydroxylation sites is 1. The standard InChI is InChI=1S/C22H28N4O2/c1-2-24-22(25-13-16-9-11-18(12-10-16)21(23)27)26-14-19-5-3-4-6-20(19)28-15-17-7-8-17/h3-6,9-12,17H,2,7-8,13-15H2,1H3,(H2,23,27)(H2,24,25,26). The largest absolute Gasteiger partial charge is 0.493 e. The third-order valence-electron chi connectivity index (χ3n) is 4.59. The lowest BCUT2D eigenvalue weighted by molar-refractivity contribution is 0.100.